The predicted molar refractivity (Wildman–Crippen MR) is 129 cm³/mol. The van der Waals surface area contributed by atoms with Crippen molar-refractivity contribution in [2.45, 2.75) is 38.8 Å². The van der Waals surface area contributed by atoms with Crippen LogP contribution in [0.4, 0.5) is 4.39 Å². The van der Waals surface area contributed by atoms with Gasteiger partial charge in [-0.05, 0) is 79.9 Å². The van der Waals surface area contributed by atoms with Crippen molar-refractivity contribution in [1.82, 2.24) is 9.80 Å². The molecule has 4 rings (SSSR count). The topological polar surface area (TPSA) is 49.9 Å². The number of hydrogen-bond acceptors (Lipinski definition) is 5. The third-order valence-electron chi connectivity index (χ3n) is 5.72. The number of fused-ring (bicyclic) bond motifs is 1. The zero-order valence-corrected chi connectivity index (χ0v) is 20.5. The summed E-state index contributed by atoms with van der Waals surface area (Å²) >= 11 is 3.06. The lowest BCUT2D eigenvalue weighted by atomic mass is 9.99. The summed E-state index contributed by atoms with van der Waals surface area (Å²) in [5.74, 6) is -0.0254. The Morgan fingerprint density at radius 1 is 1.12 bits per heavy atom. The molecule has 1 unspecified atom stereocenters. The second-order valence-corrected chi connectivity index (χ2v) is 10.9. The Bertz CT molecular complexity index is 1100. The number of benzene rings is 1. The maximum atomic E-state index is 13.6. The number of hydrogen-bond donors (Lipinski definition) is 0. The number of carbonyl (C=O) groups excluding carboxylic acids is 2. The number of amides is 2. The van der Waals surface area contributed by atoms with Crippen LogP contribution >= 0.6 is 22.7 Å². The molecule has 33 heavy (non-hydrogen) atoms. The van der Waals surface area contributed by atoms with E-state index in [1.165, 1.54) is 28.3 Å². The Hall–Kier alpha value is -2.71. The third kappa shape index (κ3) is 5.28. The van der Waals surface area contributed by atoms with Gasteiger partial charge in [-0.25, -0.2) is 4.39 Å². The molecule has 1 aromatic carbocycles. The maximum Gasteiger partial charge on any atom is 0.264 e. The van der Waals surface area contributed by atoms with E-state index in [9.17, 15) is 14.0 Å². The van der Waals surface area contributed by atoms with Gasteiger partial charge in [-0.2, -0.15) is 0 Å². The highest BCUT2D eigenvalue weighted by Crippen LogP contribution is 2.34. The fourth-order valence-corrected chi connectivity index (χ4v) is 5.55. The largest absolute Gasteiger partial charge is 0.491 e. The molecule has 0 N–H and O–H groups in total. The van der Waals surface area contributed by atoms with Gasteiger partial charge < -0.3 is 14.5 Å². The lowest BCUT2D eigenvalue weighted by Crippen LogP contribution is -2.53. The summed E-state index contributed by atoms with van der Waals surface area (Å²) in [4.78, 5) is 32.0. The van der Waals surface area contributed by atoms with Crippen LogP contribution < -0.4 is 4.74 Å². The number of nitrogens with zero attached hydrogens (tertiary/aromatic N) is 2. The first kappa shape index (κ1) is 23.4. The minimum atomic E-state index is -0.514. The molecule has 0 spiro atoms. The average molecular weight is 487 g/mol. The molecule has 1 aliphatic heterocycles. The molecule has 3 heterocycles. The second-order valence-electron chi connectivity index (χ2n) is 8.96. The molecule has 0 saturated heterocycles. The van der Waals surface area contributed by atoms with Crippen molar-refractivity contribution in [2.75, 3.05) is 19.7 Å². The van der Waals surface area contributed by atoms with Gasteiger partial charge in [0.1, 0.15) is 24.7 Å². The first-order valence-electron chi connectivity index (χ1n) is 10.8. The van der Waals surface area contributed by atoms with Gasteiger partial charge in [-0.1, -0.05) is 6.07 Å². The van der Waals surface area contributed by atoms with Crippen LogP contribution in [0.1, 0.15) is 46.9 Å². The zero-order valence-electron chi connectivity index (χ0n) is 18.9. The van der Waals surface area contributed by atoms with Gasteiger partial charge in [0.2, 0.25) is 5.91 Å². The van der Waals surface area contributed by atoms with E-state index in [0.29, 0.717) is 17.2 Å². The van der Waals surface area contributed by atoms with E-state index >= 15 is 0 Å². The third-order valence-corrected chi connectivity index (χ3v) is 7.57. The number of thiophene rings is 2. The van der Waals surface area contributed by atoms with Crippen LogP contribution in [-0.4, -0.2) is 46.8 Å². The van der Waals surface area contributed by atoms with Crippen molar-refractivity contribution < 1.29 is 18.7 Å². The normalized spacial score (nSPS) is 15.8. The van der Waals surface area contributed by atoms with Crippen LogP contribution in [-0.2, 0) is 11.2 Å². The SMILES string of the molecule is CC(C)(C)N(CC(=O)N1CCc2sccc2C1COc1ccc(F)cc1)C(=O)c1cccs1. The molecule has 0 bridgehead atoms. The smallest absolute Gasteiger partial charge is 0.264 e. The molecule has 0 aliphatic carbocycles. The molecule has 2 amide bonds. The van der Waals surface area contributed by atoms with E-state index in [1.54, 1.807) is 34.4 Å². The summed E-state index contributed by atoms with van der Waals surface area (Å²) in [7, 11) is 0. The van der Waals surface area contributed by atoms with Gasteiger partial charge in [0, 0.05) is 17.0 Å². The zero-order chi connectivity index (χ0) is 23.6. The molecule has 0 fully saturated rings. The molecule has 8 heteroatoms. The minimum absolute atomic E-state index is 0.00719. The Morgan fingerprint density at radius 2 is 1.88 bits per heavy atom. The maximum absolute atomic E-state index is 13.6. The summed E-state index contributed by atoms with van der Waals surface area (Å²) in [6.45, 7) is 6.63. The highest BCUT2D eigenvalue weighted by atomic mass is 32.1. The van der Waals surface area contributed by atoms with Crippen molar-refractivity contribution in [3.05, 3.63) is 74.4 Å². The lowest BCUT2D eigenvalue weighted by molar-refractivity contribution is -0.136. The molecular formula is C25H27FN2O3S2. The van der Waals surface area contributed by atoms with Crippen LogP contribution in [0.5, 0.6) is 5.75 Å². The van der Waals surface area contributed by atoms with Crippen molar-refractivity contribution in [2.24, 2.45) is 0 Å². The van der Waals surface area contributed by atoms with E-state index in [1.807, 2.05) is 48.6 Å². The van der Waals surface area contributed by atoms with Crippen LogP contribution in [0.2, 0.25) is 0 Å². The van der Waals surface area contributed by atoms with Gasteiger partial charge in [0.05, 0.1) is 10.9 Å². The van der Waals surface area contributed by atoms with E-state index in [2.05, 4.69) is 0 Å². The fourth-order valence-electron chi connectivity index (χ4n) is 3.95. The van der Waals surface area contributed by atoms with Crippen molar-refractivity contribution in [3.63, 3.8) is 0 Å². The average Bonchev–Trinajstić information content (AvgIpc) is 3.47. The highest BCUT2D eigenvalue weighted by Gasteiger charge is 2.36. The van der Waals surface area contributed by atoms with Crippen LogP contribution in [0.3, 0.4) is 0 Å². The van der Waals surface area contributed by atoms with Crippen molar-refractivity contribution in [1.29, 1.82) is 0 Å². The van der Waals surface area contributed by atoms with Crippen LogP contribution in [0, 0.1) is 5.82 Å². The molecule has 0 saturated carbocycles. The summed E-state index contributed by atoms with van der Waals surface area (Å²) in [6.07, 6.45) is 0.778. The number of rotatable bonds is 6. The van der Waals surface area contributed by atoms with E-state index in [0.717, 1.165) is 12.0 Å². The number of ether oxygens (including phenoxy) is 1. The van der Waals surface area contributed by atoms with Gasteiger partial charge in [0.25, 0.3) is 5.91 Å². The van der Waals surface area contributed by atoms with Gasteiger partial charge in [-0.3, -0.25) is 9.59 Å². The molecule has 5 nitrogen and oxygen atoms in total. The summed E-state index contributed by atoms with van der Waals surface area (Å²) in [5, 5.41) is 3.90. The molecule has 1 aliphatic rings. The molecule has 3 aromatic rings. The molecular weight excluding hydrogens is 459 g/mol. The Labute approximate surface area is 201 Å². The van der Waals surface area contributed by atoms with Gasteiger partial charge in [0.15, 0.2) is 0 Å². The quantitative estimate of drug-likeness (QED) is 0.469. The molecule has 1 atom stereocenters. The minimum Gasteiger partial charge on any atom is -0.491 e. The second kappa shape index (κ2) is 9.65. The molecule has 0 radical (unpaired) electrons. The molecule has 174 valence electrons. The Balaban J connectivity index is 1.54. The number of halogens is 1. The standard InChI is InChI=1S/C25H27FN2O3S2/c1-25(2,3)28(24(30)22-5-4-13-32-22)15-23(29)27-12-10-21-19(11-14-33-21)20(27)16-31-18-8-6-17(26)7-9-18/h4-9,11,13-14,20H,10,12,15-16H2,1-3H3. The highest BCUT2D eigenvalue weighted by molar-refractivity contribution is 7.12. The van der Waals surface area contributed by atoms with E-state index in [-0.39, 0.29) is 36.8 Å². The van der Waals surface area contributed by atoms with Gasteiger partial charge >= 0.3 is 0 Å². The first-order valence-corrected chi connectivity index (χ1v) is 12.6. The Kier molecular flexibility index (Phi) is 6.86. The van der Waals surface area contributed by atoms with Gasteiger partial charge in [-0.15, -0.1) is 22.7 Å². The first-order chi connectivity index (χ1) is 15.7. The van der Waals surface area contributed by atoms with E-state index < -0.39 is 5.54 Å². The Morgan fingerprint density at radius 3 is 2.55 bits per heavy atom. The summed E-state index contributed by atoms with van der Waals surface area (Å²) in [6, 6.07) is 11.3. The van der Waals surface area contributed by atoms with Crippen molar-refractivity contribution >= 4 is 34.5 Å². The summed E-state index contributed by atoms with van der Waals surface area (Å²) in [5.41, 5.74) is 0.564. The monoisotopic (exact) mass is 486 g/mol. The predicted octanol–water partition coefficient (Wildman–Crippen LogP) is 5.39. The lowest BCUT2D eigenvalue weighted by Gasteiger charge is -2.40. The van der Waals surface area contributed by atoms with E-state index in [4.69, 9.17) is 4.74 Å². The van der Waals surface area contributed by atoms with Crippen LogP contribution in [0.25, 0.3) is 0 Å². The van der Waals surface area contributed by atoms with Crippen molar-refractivity contribution in [3.8, 4) is 5.75 Å². The fraction of sp³-hybridized carbons (Fsp3) is 0.360. The number of carbonyl (C=O) groups is 2. The molecule has 2 aromatic heterocycles. The van der Waals surface area contributed by atoms with Crippen LogP contribution in [0.15, 0.2) is 53.2 Å². The summed E-state index contributed by atoms with van der Waals surface area (Å²) < 4.78 is 19.2.